The molecular formula is C27H27NO4. The number of benzene rings is 2. The van der Waals surface area contributed by atoms with Gasteiger partial charge < -0.3 is 14.4 Å². The average molecular weight is 430 g/mol. The third-order valence-corrected chi connectivity index (χ3v) is 6.01. The van der Waals surface area contributed by atoms with Gasteiger partial charge in [-0.15, -0.1) is 0 Å². The van der Waals surface area contributed by atoms with Gasteiger partial charge in [-0.1, -0.05) is 60.2 Å². The minimum atomic E-state index is -1.01. The first-order valence-corrected chi connectivity index (χ1v) is 10.9. The molecule has 0 bridgehead atoms. The molecule has 1 aliphatic rings. The fourth-order valence-electron chi connectivity index (χ4n) is 3.86. The molecule has 1 aromatic heterocycles. The summed E-state index contributed by atoms with van der Waals surface area (Å²) in [6.45, 7) is 2.85. The molecule has 1 heterocycles. The zero-order chi connectivity index (χ0) is 22.6. The molecule has 0 radical (unpaired) electrons. The summed E-state index contributed by atoms with van der Waals surface area (Å²) in [4.78, 5) is 24.3. The summed E-state index contributed by atoms with van der Waals surface area (Å²) >= 11 is 0. The molecule has 2 aromatic carbocycles. The number of carbonyl (C=O) groups is 2. The Kier molecular flexibility index (Phi) is 6.37. The highest BCUT2D eigenvalue weighted by Crippen LogP contribution is 2.36. The summed E-state index contributed by atoms with van der Waals surface area (Å²) in [7, 11) is 0. The van der Waals surface area contributed by atoms with E-state index in [4.69, 9.17) is 4.74 Å². The molecule has 164 valence electrons. The molecular weight excluding hydrogens is 402 g/mol. The van der Waals surface area contributed by atoms with Gasteiger partial charge in [0, 0.05) is 18.3 Å². The smallest absolute Gasteiger partial charge is 0.335 e. The molecule has 5 heteroatoms. The van der Waals surface area contributed by atoms with Gasteiger partial charge in [0.15, 0.2) is 5.60 Å². The predicted molar refractivity (Wildman–Crippen MR) is 124 cm³/mol. The van der Waals surface area contributed by atoms with Crippen LogP contribution in [0.1, 0.15) is 52.0 Å². The molecule has 0 amide bonds. The number of ketones is 1. The molecule has 0 saturated heterocycles. The second-order valence-corrected chi connectivity index (χ2v) is 8.33. The second-order valence-electron chi connectivity index (χ2n) is 8.33. The number of carboxylic acid groups (broad SMARTS) is 1. The molecule has 5 nitrogen and oxygen atoms in total. The minimum absolute atomic E-state index is 0.00546. The number of allylic oxidation sites excluding steroid dienone is 1. The van der Waals surface area contributed by atoms with Crippen molar-refractivity contribution in [2.75, 3.05) is 0 Å². The lowest BCUT2D eigenvalue weighted by Gasteiger charge is -2.37. The van der Waals surface area contributed by atoms with Crippen molar-refractivity contribution in [2.45, 2.75) is 44.9 Å². The lowest BCUT2D eigenvalue weighted by atomic mass is 9.80. The number of rotatable bonds is 9. The van der Waals surface area contributed by atoms with E-state index in [1.54, 1.807) is 0 Å². The van der Waals surface area contributed by atoms with Crippen molar-refractivity contribution in [1.29, 1.82) is 0 Å². The summed E-state index contributed by atoms with van der Waals surface area (Å²) in [6.07, 6.45) is 7.95. The fraction of sp³-hybridized carbons (Fsp3) is 0.259. The highest BCUT2D eigenvalue weighted by atomic mass is 16.5. The van der Waals surface area contributed by atoms with E-state index in [1.165, 1.54) is 0 Å². The van der Waals surface area contributed by atoms with Gasteiger partial charge in [0.2, 0.25) is 5.78 Å². The maximum atomic E-state index is 12.8. The summed E-state index contributed by atoms with van der Waals surface area (Å²) < 4.78 is 7.69. The Hall–Kier alpha value is -3.44. The van der Waals surface area contributed by atoms with Crippen molar-refractivity contribution in [3.63, 3.8) is 0 Å². The number of ether oxygens (including phenoxy) is 1. The van der Waals surface area contributed by atoms with Crippen LogP contribution in [-0.2, 0) is 22.7 Å². The Bertz CT molecular complexity index is 1140. The van der Waals surface area contributed by atoms with Crippen LogP contribution in [0.25, 0.3) is 6.08 Å². The first-order chi connectivity index (χ1) is 15.5. The minimum Gasteiger partial charge on any atom is -0.479 e. The van der Waals surface area contributed by atoms with Crippen LogP contribution < -0.4 is 0 Å². The predicted octanol–water partition coefficient (Wildman–Crippen LogP) is 5.26. The van der Waals surface area contributed by atoms with Crippen LogP contribution >= 0.6 is 0 Å². The molecule has 1 fully saturated rings. The van der Waals surface area contributed by atoms with Gasteiger partial charge in [-0.05, 0) is 55.5 Å². The third-order valence-electron chi connectivity index (χ3n) is 6.01. The van der Waals surface area contributed by atoms with Crippen molar-refractivity contribution < 1.29 is 19.4 Å². The molecule has 1 saturated carbocycles. The summed E-state index contributed by atoms with van der Waals surface area (Å²) in [6, 6.07) is 19.2. The van der Waals surface area contributed by atoms with Crippen LogP contribution in [0.3, 0.4) is 0 Å². The Morgan fingerprint density at radius 2 is 1.88 bits per heavy atom. The Labute approximate surface area is 188 Å². The second kappa shape index (κ2) is 9.37. The summed E-state index contributed by atoms with van der Waals surface area (Å²) in [5.74, 6) is -0.867. The normalized spacial score (nSPS) is 14.9. The lowest BCUT2D eigenvalue weighted by molar-refractivity contribution is -0.181. The molecule has 0 aliphatic heterocycles. The molecule has 0 spiro atoms. The third kappa shape index (κ3) is 4.73. The maximum absolute atomic E-state index is 12.8. The topological polar surface area (TPSA) is 68.5 Å². The average Bonchev–Trinajstić information content (AvgIpc) is 3.21. The van der Waals surface area contributed by atoms with Crippen LogP contribution in [-0.4, -0.2) is 27.0 Å². The standard InChI is InChI=1S/C27H27NO4/c1-20-10-12-23(13-11-20)25(29)24-9-4-17-28(24)16-3-8-21-6-2-7-22(18-21)19-32-27(26(30)31)14-5-15-27/h2-4,6-13,17-18H,5,14-16,19H2,1H3,(H,30,31)/b8-3+. The number of aryl methyl sites for hydroxylation is 1. The monoisotopic (exact) mass is 429 g/mol. The summed E-state index contributed by atoms with van der Waals surface area (Å²) in [5.41, 5.74) is 3.38. The zero-order valence-electron chi connectivity index (χ0n) is 18.2. The van der Waals surface area contributed by atoms with Crippen molar-refractivity contribution in [2.24, 2.45) is 0 Å². The van der Waals surface area contributed by atoms with Crippen LogP contribution in [0.4, 0.5) is 0 Å². The number of carbonyl (C=O) groups excluding carboxylic acids is 1. The van der Waals surface area contributed by atoms with E-state index in [0.717, 1.165) is 23.1 Å². The molecule has 1 N–H and O–H groups in total. The molecule has 0 unspecified atom stereocenters. The van der Waals surface area contributed by atoms with Gasteiger partial charge in [0.1, 0.15) is 0 Å². The van der Waals surface area contributed by atoms with Crippen molar-refractivity contribution in [3.8, 4) is 0 Å². The van der Waals surface area contributed by atoms with Crippen LogP contribution in [0.2, 0.25) is 0 Å². The quantitative estimate of drug-likeness (QED) is 0.471. The SMILES string of the molecule is Cc1ccc(C(=O)c2cccn2C/C=C/c2cccc(COC3(C(=O)O)CCC3)c2)cc1. The number of aliphatic carboxylic acids is 1. The Balaban J connectivity index is 1.39. The van der Waals surface area contributed by atoms with Crippen LogP contribution in [0.15, 0.2) is 72.9 Å². The Morgan fingerprint density at radius 3 is 2.56 bits per heavy atom. The molecule has 3 aromatic rings. The van der Waals surface area contributed by atoms with E-state index in [9.17, 15) is 14.7 Å². The van der Waals surface area contributed by atoms with Crippen molar-refractivity contribution in [1.82, 2.24) is 4.57 Å². The van der Waals surface area contributed by atoms with Gasteiger partial charge in [-0.3, -0.25) is 4.79 Å². The first-order valence-electron chi connectivity index (χ1n) is 10.9. The van der Waals surface area contributed by atoms with Gasteiger partial charge >= 0.3 is 5.97 Å². The molecule has 32 heavy (non-hydrogen) atoms. The maximum Gasteiger partial charge on any atom is 0.335 e. The molecule has 0 atom stereocenters. The summed E-state index contributed by atoms with van der Waals surface area (Å²) in [5, 5.41) is 9.41. The first kappa shape index (κ1) is 21.8. The number of hydrogen-bond donors (Lipinski definition) is 1. The lowest BCUT2D eigenvalue weighted by Crippen LogP contribution is -2.47. The van der Waals surface area contributed by atoms with Crippen LogP contribution in [0.5, 0.6) is 0 Å². The van der Waals surface area contributed by atoms with Gasteiger partial charge in [-0.2, -0.15) is 0 Å². The zero-order valence-corrected chi connectivity index (χ0v) is 18.2. The van der Waals surface area contributed by atoms with Gasteiger partial charge in [0.05, 0.1) is 12.3 Å². The van der Waals surface area contributed by atoms with Crippen LogP contribution in [0, 0.1) is 6.92 Å². The number of nitrogens with zero attached hydrogens (tertiary/aromatic N) is 1. The fourth-order valence-corrected chi connectivity index (χ4v) is 3.86. The van der Waals surface area contributed by atoms with Gasteiger partial charge in [0.25, 0.3) is 0 Å². The number of aromatic nitrogens is 1. The number of carboxylic acids is 1. The van der Waals surface area contributed by atoms with E-state index < -0.39 is 11.6 Å². The molecule has 1 aliphatic carbocycles. The van der Waals surface area contributed by atoms with Crippen molar-refractivity contribution in [3.05, 3.63) is 101 Å². The van der Waals surface area contributed by atoms with E-state index in [1.807, 2.05) is 90.5 Å². The largest absolute Gasteiger partial charge is 0.479 e. The molecule has 4 rings (SSSR count). The van der Waals surface area contributed by atoms with E-state index in [0.29, 0.717) is 30.6 Å². The van der Waals surface area contributed by atoms with E-state index >= 15 is 0 Å². The number of hydrogen-bond acceptors (Lipinski definition) is 3. The van der Waals surface area contributed by atoms with E-state index in [-0.39, 0.29) is 12.4 Å². The van der Waals surface area contributed by atoms with E-state index in [2.05, 4.69) is 0 Å². The van der Waals surface area contributed by atoms with Crippen molar-refractivity contribution >= 4 is 17.8 Å². The highest BCUT2D eigenvalue weighted by molar-refractivity contribution is 6.08. The highest BCUT2D eigenvalue weighted by Gasteiger charge is 2.45. The Morgan fingerprint density at radius 1 is 1.09 bits per heavy atom. The van der Waals surface area contributed by atoms with Gasteiger partial charge in [-0.25, -0.2) is 4.79 Å².